The summed E-state index contributed by atoms with van der Waals surface area (Å²) in [5, 5.41) is 4.17. The molecule has 7 nitrogen and oxygen atoms in total. The number of carbonyl (C=O) groups is 1. The first-order chi connectivity index (χ1) is 14.3. The van der Waals surface area contributed by atoms with Crippen molar-refractivity contribution >= 4 is 55.4 Å². The van der Waals surface area contributed by atoms with Crippen LogP contribution < -0.4 is 9.73 Å². The molecule has 0 aliphatic heterocycles. The van der Waals surface area contributed by atoms with Crippen LogP contribution in [-0.2, 0) is 14.8 Å². The second-order valence-electron chi connectivity index (χ2n) is 6.15. The predicted octanol–water partition coefficient (Wildman–Crippen LogP) is 4.35. The largest absolute Gasteiger partial charge is 0.459 e. The van der Waals surface area contributed by atoms with Gasteiger partial charge in [0.05, 0.1) is 21.3 Å². The molecule has 10 heteroatoms. The van der Waals surface area contributed by atoms with E-state index in [1.165, 1.54) is 24.4 Å². The lowest BCUT2D eigenvalue weighted by Gasteiger charge is -2.23. The molecule has 0 saturated carbocycles. The number of furan rings is 1. The molecule has 0 radical (unpaired) electrons. The first-order valence-corrected chi connectivity index (χ1v) is 11.3. The molecule has 1 N–H and O–H groups in total. The zero-order valence-corrected chi connectivity index (χ0v) is 18.9. The van der Waals surface area contributed by atoms with Crippen LogP contribution in [0.2, 0.25) is 5.02 Å². The molecule has 0 fully saturated rings. The van der Waals surface area contributed by atoms with Gasteiger partial charge >= 0.3 is 0 Å². The van der Waals surface area contributed by atoms with Crippen LogP contribution >= 0.6 is 27.5 Å². The Hall–Kier alpha value is -2.62. The number of benzene rings is 2. The number of aryl methyl sites for hydroxylation is 1. The second-order valence-corrected chi connectivity index (χ2v) is 9.30. The van der Waals surface area contributed by atoms with Crippen LogP contribution in [0.15, 0.2) is 79.6 Å². The van der Waals surface area contributed by atoms with Crippen LogP contribution in [0.3, 0.4) is 0 Å². The van der Waals surface area contributed by atoms with Gasteiger partial charge in [-0.05, 0) is 53.2 Å². The normalized spacial score (nSPS) is 11.6. The fraction of sp³-hybridized carbons (Fsp3) is 0.100. The Morgan fingerprint density at radius 3 is 2.57 bits per heavy atom. The molecular formula is C20H17BrClN3O4S. The maximum atomic E-state index is 13.2. The molecular weight excluding hydrogens is 494 g/mol. The van der Waals surface area contributed by atoms with E-state index in [4.69, 9.17) is 16.0 Å². The van der Waals surface area contributed by atoms with E-state index in [9.17, 15) is 13.2 Å². The zero-order chi connectivity index (χ0) is 21.7. The highest BCUT2D eigenvalue weighted by Crippen LogP contribution is 2.26. The number of carbonyl (C=O) groups excluding carboxylic acids is 1. The van der Waals surface area contributed by atoms with E-state index in [1.54, 1.807) is 49.4 Å². The summed E-state index contributed by atoms with van der Waals surface area (Å²) in [7, 11) is -4.01. The van der Waals surface area contributed by atoms with Gasteiger partial charge in [-0.25, -0.2) is 13.8 Å². The first-order valence-electron chi connectivity index (χ1n) is 8.68. The highest BCUT2D eigenvalue weighted by Gasteiger charge is 2.27. The molecule has 0 unspecified atom stereocenters. The van der Waals surface area contributed by atoms with Gasteiger partial charge in [0.1, 0.15) is 18.1 Å². The van der Waals surface area contributed by atoms with Gasteiger partial charge in [-0.3, -0.25) is 9.10 Å². The average Bonchev–Trinajstić information content (AvgIpc) is 3.04. The Bertz CT molecular complexity index is 1160. The van der Waals surface area contributed by atoms with Gasteiger partial charge in [0.25, 0.3) is 15.9 Å². The minimum atomic E-state index is -4.01. The van der Waals surface area contributed by atoms with Crippen molar-refractivity contribution in [2.75, 3.05) is 10.8 Å². The van der Waals surface area contributed by atoms with Gasteiger partial charge in [0.15, 0.2) is 0 Å². The molecule has 3 rings (SSSR count). The molecule has 0 atom stereocenters. The Kier molecular flexibility index (Phi) is 6.96. The van der Waals surface area contributed by atoms with Gasteiger partial charge in [-0.15, -0.1) is 0 Å². The third-order valence-electron chi connectivity index (χ3n) is 3.97. The maximum absolute atomic E-state index is 13.2. The Morgan fingerprint density at radius 2 is 1.93 bits per heavy atom. The summed E-state index contributed by atoms with van der Waals surface area (Å²) >= 11 is 9.35. The van der Waals surface area contributed by atoms with E-state index >= 15 is 0 Å². The lowest BCUT2D eigenvalue weighted by Crippen LogP contribution is -2.39. The van der Waals surface area contributed by atoms with E-state index in [2.05, 4.69) is 26.5 Å². The lowest BCUT2D eigenvalue weighted by atomic mass is 10.3. The molecule has 1 heterocycles. The highest BCUT2D eigenvalue weighted by atomic mass is 79.9. The van der Waals surface area contributed by atoms with Crippen molar-refractivity contribution in [2.45, 2.75) is 11.8 Å². The number of amides is 1. The van der Waals surface area contributed by atoms with Crippen molar-refractivity contribution < 1.29 is 17.6 Å². The lowest BCUT2D eigenvalue weighted by molar-refractivity contribution is -0.119. The molecule has 156 valence electrons. The van der Waals surface area contributed by atoms with Gasteiger partial charge in [-0.1, -0.05) is 35.9 Å². The van der Waals surface area contributed by atoms with E-state index in [0.717, 1.165) is 8.78 Å². The molecule has 3 aromatic rings. The van der Waals surface area contributed by atoms with Crippen molar-refractivity contribution in [1.82, 2.24) is 5.43 Å². The van der Waals surface area contributed by atoms with Gasteiger partial charge in [-0.2, -0.15) is 5.10 Å². The fourth-order valence-electron chi connectivity index (χ4n) is 2.54. The van der Waals surface area contributed by atoms with Crippen LogP contribution in [0.1, 0.15) is 11.5 Å². The van der Waals surface area contributed by atoms with E-state index in [-0.39, 0.29) is 10.6 Å². The molecule has 0 spiro atoms. The zero-order valence-electron chi connectivity index (χ0n) is 15.7. The van der Waals surface area contributed by atoms with Gasteiger partial charge < -0.3 is 4.42 Å². The number of nitrogens with zero attached hydrogens (tertiary/aromatic N) is 2. The molecule has 30 heavy (non-hydrogen) atoms. The van der Waals surface area contributed by atoms with E-state index in [1.807, 2.05) is 0 Å². The Labute approximate surface area is 187 Å². The molecule has 1 aromatic heterocycles. The minimum Gasteiger partial charge on any atom is -0.459 e. The van der Waals surface area contributed by atoms with Crippen LogP contribution in [0.25, 0.3) is 0 Å². The van der Waals surface area contributed by atoms with Crippen LogP contribution in [-0.4, -0.2) is 27.1 Å². The molecule has 0 saturated heterocycles. The summed E-state index contributed by atoms with van der Waals surface area (Å²) in [6.07, 6.45) is 1.32. The molecule has 0 aliphatic rings. The number of halogens is 2. The number of sulfonamides is 1. The summed E-state index contributed by atoms with van der Waals surface area (Å²) < 4.78 is 33.5. The monoisotopic (exact) mass is 509 g/mol. The average molecular weight is 511 g/mol. The predicted molar refractivity (Wildman–Crippen MR) is 119 cm³/mol. The quantitative estimate of drug-likeness (QED) is 0.378. The van der Waals surface area contributed by atoms with Crippen molar-refractivity contribution in [3.63, 3.8) is 0 Å². The Balaban J connectivity index is 1.83. The van der Waals surface area contributed by atoms with Crippen LogP contribution in [0.4, 0.5) is 5.69 Å². The summed E-state index contributed by atoms with van der Waals surface area (Å²) in [4.78, 5) is 12.5. The second kappa shape index (κ2) is 9.46. The topological polar surface area (TPSA) is 92.0 Å². The van der Waals surface area contributed by atoms with Crippen LogP contribution in [0.5, 0.6) is 0 Å². The van der Waals surface area contributed by atoms with Gasteiger partial charge in [0.2, 0.25) is 0 Å². The third-order valence-corrected chi connectivity index (χ3v) is 6.78. The molecule has 0 bridgehead atoms. The number of hydrazone groups is 1. The number of anilines is 1. The highest BCUT2D eigenvalue weighted by molar-refractivity contribution is 9.10. The van der Waals surface area contributed by atoms with Gasteiger partial charge in [0, 0.05) is 11.1 Å². The maximum Gasteiger partial charge on any atom is 0.264 e. The summed E-state index contributed by atoms with van der Waals surface area (Å²) in [6, 6.07) is 15.8. The smallest absolute Gasteiger partial charge is 0.264 e. The minimum absolute atomic E-state index is 0.0530. The van der Waals surface area contributed by atoms with Crippen LogP contribution in [0, 0.1) is 6.92 Å². The SMILES string of the molecule is Cc1oc(/C=N/NC(=O)CN(c2cccc(Cl)c2)S(=O)(=O)c2ccccc2)cc1Br. The van der Waals surface area contributed by atoms with Crippen molar-refractivity contribution in [2.24, 2.45) is 5.10 Å². The third kappa shape index (κ3) is 5.29. The number of hydrogen-bond acceptors (Lipinski definition) is 5. The van der Waals surface area contributed by atoms with E-state index < -0.39 is 22.5 Å². The number of rotatable bonds is 7. The van der Waals surface area contributed by atoms with Crippen molar-refractivity contribution in [3.8, 4) is 0 Å². The fourth-order valence-corrected chi connectivity index (χ4v) is 4.47. The summed E-state index contributed by atoms with van der Waals surface area (Å²) in [5.74, 6) is 0.472. The summed E-state index contributed by atoms with van der Waals surface area (Å²) in [6.45, 7) is 1.28. The Morgan fingerprint density at radius 1 is 1.20 bits per heavy atom. The molecule has 2 aromatic carbocycles. The molecule has 1 amide bonds. The number of nitrogens with one attached hydrogen (secondary N) is 1. The molecule has 0 aliphatic carbocycles. The van der Waals surface area contributed by atoms with Crippen molar-refractivity contribution in [1.29, 1.82) is 0 Å². The first kappa shape index (κ1) is 22.1. The summed E-state index contributed by atoms with van der Waals surface area (Å²) in [5.41, 5.74) is 2.57. The number of hydrogen-bond donors (Lipinski definition) is 1. The van der Waals surface area contributed by atoms with Crippen molar-refractivity contribution in [3.05, 3.63) is 81.7 Å². The van der Waals surface area contributed by atoms with E-state index in [0.29, 0.717) is 16.5 Å². The standard InChI is InChI=1S/C20H17BrClN3O4S/c1-14-19(21)11-17(29-14)12-23-24-20(26)13-25(16-7-5-6-15(22)10-16)30(27,28)18-8-3-2-4-9-18/h2-12H,13H2,1H3,(H,24,26)/b23-12+.